The van der Waals surface area contributed by atoms with Crippen LogP contribution in [0.5, 0.6) is 0 Å². The van der Waals surface area contributed by atoms with E-state index >= 15 is 0 Å². The minimum absolute atomic E-state index is 0.0883. The number of aliphatic hydroxyl groups excluding tert-OH is 1. The van der Waals surface area contributed by atoms with E-state index in [2.05, 4.69) is 32.0 Å². The summed E-state index contributed by atoms with van der Waals surface area (Å²) in [5, 5.41) is 13.8. The summed E-state index contributed by atoms with van der Waals surface area (Å²) < 4.78 is 7.17. The maximum Gasteiger partial charge on any atom is 0.180 e. The number of benzene rings is 1. The molecule has 1 aliphatic carbocycles. The maximum absolute atomic E-state index is 10.4. The van der Waals surface area contributed by atoms with Gasteiger partial charge in [0, 0.05) is 37.1 Å². The van der Waals surface area contributed by atoms with Crippen LogP contribution in [0, 0.1) is 5.92 Å². The second kappa shape index (κ2) is 7.21. The van der Waals surface area contributed by atoms with Crippen molar-refractivity contribution in [3.8, 4) is 11.4 Å². The molecule has 2 N–H and O–H groups in total. The van der Waals surface area contributed by atoms with Gasteiger partial charge in [-0.1, -0.05) is 30.3 Å². The molecule has 0 bridgehead atoms. The highest BCUT2D eigenvalue weighted by Crippen LogP contribution is 2.29. The van der Waals surface area contributed by atoms with E-state index in [4.69, 9.17) is 4.42 Å². The number of hydrogen-bond donors (Lipinski definition) is 2. The van der Waals surface area contributed by atoms with Gasteiger partial charge in [-0.25, -0.2) is 9.97 Å². The van der Waals surface area contributed by atoms with Gasteiger partial charge in [-0.2, -0.15) is 0 Å². The van der Waals surface area contributed by atoms with Crippen LogP contribution in [0.25, 0.3) is 11.4 Å². The molecule has 0 aliphatic heterocycles. The average molecular weight is 338 g/mol. The normalized spacial score (nSPS) is 23.2. The largest absolute Gasteiger partial charge is 0.451 e. The number of imidazole rings is 1. The van der Waals surface area contributed by atoms with E-state index < -0.39 is 0 Å². The van der Waals surface area contributed by atoms with Gasteiger partial charge in [0.1, 0.15) is 12.1 Å². The Bertz CT molecular complexity index is 785. The van der Waals surface area contributed by atoms with E-state index in [9.17, 15) is 5.11 Å². The first-order chi connectivity index (χ1) is 12.3. The molecule has 130 valence electrons. The van der Waals surface area contributed by atoms with Crippen molar-refractivity contribution in [2.75, 3.05) is 0 Å². The minimum atomic E-state index is -0.333. The zero-order valence-electron chi connectivity index (χ0n) is 14.0. The molecule has 1 aliphatic rings. The third-order valence-electron chi connectivity index (χ3n) is 4.86. The molecule has 25 heavy (non-hydrogen) atoms. The second-order valence-electron chi connectivity index (χ2n) is 6.64. The number of nitrogens with one attached hydrogen (secondary N) is 1. The fourth-order valence-electron chi connectivity index (χ4n) is 3.63. The van der Waals surface area contributed by atoms with Crippen molar-refractivity contribution in [1.29, 1.82) is 0 Å². The van der Waals surface area contributed by atoms with E-state index in [1.807, 2.05) is 30.6 Å². The highest BCUT2D eigenvalue weighted by atomic mass is 16.3. The van der Waals surface area contributed by atoms with Crippen molar-refractivity contribution in [2.45, 2.75) is 38.1 Å². The Morgan fingerprint density at radius 1 is 1.20 bits per heavy atom. The molecule has 0 saturated heterocycles. The molecule has 1 saturated carbocycles. The van der Waals surface area contributed by atoms with Crippen LogP contribution in [0.3, 0.4) is 0 Å². The Morgan fingerprint density at radius 3 is 2.88 bits per heavy atom. The second-order valence-corrected chi connectivity index (χ2v) is 6.64. The summed E-state index contributed by atoms with van der Waals surface area (Å²) in [4.78, 5) is 8.61. The summed E-state index contributed by atoms with van der Waals surface area (Å²) >= 11 is 0. The molecule has 0 radical (unpaired) electrons. The number of aromatic nitrogens is 3. The monoisotopic (exact) mass is 338 g/mol. The number of rotatable bonds is 6. The molecule has 0 spiro atoms. The number of nitrogens with zero attached hydrogens (tertiary/aromatic N) is 3. The van der Waals surface area contributed by atoms with Gasteiger partial charge in [0.2, 0.25) is 0 Å². The van der Waals surface area contributed by atoms with Crippen LogP contribution in [0.1, 0.15) is 18.5 Å². The fraction of sp³-hybridized carbons (Fsp3) is 0.368. The average Bonchev–Trinajstić information content (AvgIpc) is 3.36. The standard InChI is InChI=1S/C19H22N4O2/c24-18-9-14(8-17(18)21-10-16-12-25-13-22-16)11-23-7-6-20-19(23)15-4-2-1-3-5-15/h1-7,12-14,17-18,21,24H,8-11H2/t14?,17-,18-/m1/s1. The lowest BCUT2D eigenvalue weighted by atomic mass is 10.1. The molecule has 1 fully saturated rings. The number of oxazole rings is 1. The summed E-state index contributed by atoms with van der Waals surface area (Å²) in [6.45, 7) is 1.48. The van der Waals surface area contributed by atoms with Crippen LogP contribution in [0.2, 0.25) is 0 Å². The first-order valence-electron chi connectivity index (χ1n) is 8.64. The lowest BCUT2D eigenvalue weighted by Crippen LogP contribution is -2.35. The van der Waals surface area contributed by atoms with Crippen molar-refractivity contribution >= 4 is 0 Å². The van der Waals surface area contributed by atoms with Crippen molar-refractivity contribution in [3.63, 3.8) is 0 Å². The smallest absolute Gasteiger partial charge is 0.180 e. The summed E-state index contributed by atoms with van der Waals surface area (Å²) in [5.41, 5.74) is 1.98. The fourth-order valence-corrected chi connectivity index (χ4v) is 3.63. The molecule has 6 nitrogen and oxygen atoms in total. The van der Waals surface area contributed by atoms with Crippen LogP contribution in [0.15, 0.2) is 59.8 Å². The molecule has 1 aromatic carbocycles. The van der Waals surface area contributed by atoms with Gasteiger partial charge in [-0.05, 0) is 18.8 Å². The first kappa shape index (κ1) is 16.1. The quantitative estimate of drug-likeness (QED) is 0.722. The summed E-state index contributed by atoms with van der Waals surface area (Å²) in [6, 6.07) is 10.3. The Balaban J connectivity index is 1.39. The Morgan fingerprint density at radius 2 is 2.08 bits per heavy atom. The lowest BCUT2D eigenvalue weighted by Gasteiger charge is -2.15. The molecule has 3 aromatic rings. The third-order valence-corrected chi connectivity index (χ3v) is 4.86. The van der Waals surface area contributed by atoms with E-state index in [0.29, 0.717) is 12.5 Å². The van der Waals surface area contributed by atoms with Crippen molar-refractivity contribution in [1.82, 2.24) is 19.9 Å². The van der Waals surface area contributed by atoms with Crippen LogP contribution < -0.4 is 5.32 Å². The van der Waals surface area contributed by atoms with Gasteiger partial charge in [-0.3, -0.25) is 0 Å². The van der Waals surface area contributed by atoms with Gasteiger partial charge in [0.05, 0.1) is 11.8 Å². The van der Waals surface area contributed by atoms with E-state index in [0.717, 1.165) is 36.5 Å². The highest BCUT2D eigenvalue weighted by Gasteiger charge is 2.33. The topological polar surface area (TPSA) is 76.1 Å². The zero-order chi connectivity index (χ0) is 17.1. The van der Waals surface area contributed by atoms with Gasteiger partial charge in [0.15, 0.2) is 6.39 Å². The highest BCUT2D eigenvalue weighted by molar-refractivity contribution is 5.55. The SMILES string of the molecule is O[C@@H]1CC(Cn2ccnc2-c2ccccc2)C[C@H]1NCc1cocn1. The Kier molecular flexibility index (Phi) is 4.63. The molecule has 2 heterocycles. The summed E-state index contributed by atoms with van der Waals surface area (Å²) in [7, 11) is 0. The number of hydrogen-bond acceptors (Lipinski definition) is 5. The molecule has 1 unspecified atom stereocenters. The van der Waals surface area contributed by atoms with Gasteiger partial charge < -0.3 is 19.4 Å². The predicted molar refractivity (Wildman–Crippen MR) is 93.5 cm³/mol. The molecule has 0 amide bonds. The predicted octanol–water partition coefficient (Wildman–Crippen LogP) is 2.47. The van der Waals surface area contributed by atoms with E-state index in [1.54, 1.807) is 6.26 Å². The summed E-state index contributed by atoms with van der Waals surface area (Å²) in [6.07, 6.45) is 8.31. The summed E-state index contributed by atoms with van der Waals surface area (Å²) in [5.74, 6) is 1.40. The van der Waals surface area contributed by atoms with Crippen molar-refractivity contribution in [3.05, 3.63) is 61.1 Å². The Hall–Kier alpha value is -2.44. The van der Waals surface area contributed by atoms with Gasteiger partial charge in [0.25, 0.3) is 0 Å². The third kappa shape index (κ3) is 3.65. The molecule has 3 atom stereocenters. The molecule has 2 aromatic heterocycles. The minimum Gasteiger partial charge on any atom is -0.451 e. The first-order valence-corrected chi connectivity index (χ1v) is 8.64. The van der Waals surface area contributed by atoms with Gasteiger partial charge in [-0.15, -0.1) is 0 Å². The zero-order valence-corrected chi connectivity index (χ0v) is 14.0. The van der Waals surface area contributed by atoms with Gasteiger partial charge >= 0.3 is 0 Å². The number of aliphatic hydroxyl groups is 1. The van der Waals surface area contributed by atoms with E-state index in [-0.39, 0.29) is 12.1 Å². The van der Waals surface area contributed by atoms with Crippen molar-refractivity contribution in [2.24, 2.45) is 5.92 Å². The Labute approximate surface area is 146 Å². The molecule has 6 heteroatoms. The van der Waals surface area contributed by atoms with Crippen LogP contribution in [-0.2, 0) is 13.1 Å². The molecule has 4 rings (SSSR count). The van der Waals surface area contributed by atoms with Crippen LogP contribution >= 0.6 is 0 Å². The van der Waals surface area contributed by atoms with Crippen molar-refractivity contribution < 1.29 is 9.52 Å². The molecular weight excluding hydrogens is 316 g/mol. The maximum atomic E-state index is 10.4. The molecular formula is C19H22N4O2. The van der Waals surface area contributed by atoms with Crippen LogP contribution in [-0.4, -0.2) is 31.8 Å². The van der Waals surface area contributed by atoms with E-state index in [1.165, 1.54) is 6.39 Å². The lowest BCUT2D eigenvalue weighted by molar-refractivity contribution is 0.145. The van der Waals surface area contributed by atoms with Crippen LogP contribution in [0.4, 0.5) is 0 Å².